The quantitative estimate of drug-likeness (QED) is 0.862. The summed E-state index contributed by atoms with van der Waals surface area (Å²) in [6.07, 6.45) is 4.70. The standard InChI is InChI=1S/C19H23N3O4/c1-25-17-4-2-3-16(11-17)21-19(24)20-12-14-5-8-22(9-6-14)18(23)15-7-10-26-13-15/h2-4,7,10-11,13-14H,5-6,8-9,12H2,1H3,(H2,20,21,24). The van der Waals surface area contributed by atoms with Crippen LogP contribution in [0.4, 0.5) is 10.5 Å². The van der Waals surface area contributed by atoms with Crippen molar-refractivity contribution in [1.29, 1.82) is 0 Å². The minimum Gasteiger partial charge on any atom is -0.497 e. The maximum Gasteiger partial charge on any atom is 0.319 e. The summed E-state index contributed by atoms with van der Waals surface area (Å²) >= 11 is 0. The Bertz CT molecular complexity index is 737. The first kappa shape index (κ1) is 17.8. The SMILES string of the molecule is COc1cccc(NC(=O)NCC2CCN(C(=O)c3ccoc3)CC2)c1. The third-order valence-corrected chi connectivity index (χ3v) is 4.55. The number of benzene rings is 1. The zero-order valence-electron chi connectivity index (χ0n) is 14.7. The number of nitrogens with zero attached hydrogens (tertiary/aromatic N) is 1. The van der Waals surface area contributed by atoms with Crippen LogP contribution >= 0.6 is 0 Å². The van der Waals surface area contributed by atoms with Crippen molar-refractivity contribution in [2.45, 2.75) is 12.8 Å². The molecule has 2 N–H and O–H groups in total. The summed E-state index contributed by atoms with van der Waals surface area (Å²) in [5, 5.41) is 5.70. The molecule has 26 heavy (non-hydrogen) atoms. The van der Waals surface area contributed by atoms with Crippen LogP contribution in [-0.2, 0) is 0 Å². The van der Waals surface area contributed by atoms with E-state index in [-0.39, 0.29) is 11.9 Å². The van der Waals surface area contributed by atoms with E-state index in [1.54, 1.807) is 19.2 Å². The summed E-state index contributed by atoms with van der Waals surface area (Å²) in [6, 6.07) is 8.65. The minimum absolute atomic E-state index is 0.000858. The molecule has 3 rings (SSSR count). The van der Waals surface area contributed by atoms with E-state index in [1.807, 2.05) is 23.1 Å². The highest BCUT2D eigenvalue weighted by molar-refractivity contribution is 5.93. The molecule has 1 fully saturated rings. The van der Waals surface area contributed by atoms with Gasteiger partial charge in [0.1, 0.15) is 12.0 Å². The fraction of sp³-hybridized carbons (Fsp3) is 0.368. The number of methoxy groups -OCH3 is 1. The third-order valence-electron chi connectivity index (χ3n) is 4.55. The second-order valence-electron chi connectivity index (χ2n) is 6.31. The van der Waals surface area contributed by atoms with Crippen LogP contribution in [0.25, 0.3) is 0 Å². The van der Waals surface area contributed by atoms with Crippen LogP contribution < -0.4 is 15.4 Å². The molecule has 0 unspecified atom stereocenters. The second kappa shape index (κ2) is 8.42. The van der Waals surface area contributed by atoms with Gasteiger partial charge in [0, 0.05) is 31.4 Å². The first-order valence-corrected chi connectivity index (χ1v) is 8.66. The lowest BCUT2D eigenvalue weighted by molar-refractivity contribution is 0.0690. The van der Waals surface area contributed by atoms with Gasteiger partial charge in [0.05, 0.1) is 18.9 Å². The fourth-order valence-corrected chi connectivity index (χ4v) is 3.02. The van der Waals surface area contributed by atoms with Crippen molar-refractivity contribution in [1.82, 2.24) is 10.2 Å². The Morgan fingerprint density at radius 3 is 2.77 bits per heavy atom. The molecule has 2 aromatic rings. The van der Waals surface area contributed by atoms with Crippen molar-refractivity contribution in [2.24, 2.45) is 5.92 Å². The van der Waals surface area contributed by atoms with Crippen LogP contribution in [0.3, 0.4) is 0 Å². The molecule has 1 aromatic carbocycles. The lowest BCUT2D eigenvalue weighted by Crippen LogP contribution is -2.42. The number of furan rings is 1. The van der Waals surface area contributed by atoms with Crippen molar-refractivity contribution in [3.05, 3.63) is 48.4 Å². The molecular weight excluding hydrogens is 334 g/mol. The average Bonchev–Trinajstić information content (AvgIpc) is 3.21. The highest BCUT2D eigenvalue weighted by atomic mass is 16.5. The number of ether oxygens (including phenoxy) is 1. The number of anilines is 1. The lowest BCUT2D eigenvalue weighted by Gasteiger charge is -2.31. The number of nitrogens with one attached hydrogen (secondary N) is 2. The summed E-state index contributed by atoms with van der Waals surface area (Å²) < 4.78 is 10.1. The molecule has 0 atom stereocenters. The predicted molar refractivity (Wildman–Crippen MR) is 97.4 cm³/mol. The van der Waals surface area contributed by atoms with Crippen LogP contribution in [0, 0.1) is 5.92 Å². The van der Waals surface area contributed by atoms with Gasteiger partial charge < -0.3 is 24.7 Å². The topological polar surface area (TPSA) is 83.8 Å². The van der Waals surface area contributed by atoms with Crippen LogP contribution in [0.15, 0.2) is 47.3 Å². The Morgan fingerprint density at radius 2 is 2.08 bits per heavy atom. The van der Waals surface area contributed by atoms with E-state index in [0.717, 1.165) is 12.8 Å². The Balaban J connectivity index is 1.40. The van der Waals surface area contributed by atoms with E-state index < -0.39 is 0 Å². The number of hydrogen-bond acceptors (Lipinski definition) is 4. The van der Waals surface area contributed by atoms with Crippen LogP contribution in [0.5, 0.6) is 5.75 Å². The first-order chi connectivity index (χ1) is 12.7. The van der Waals surface area contributed by atoms with E-state index in [0.29, 0.717) is 42.6 Å². The minimum atomic E-state index is -0.241. The number of urea groups is 1. The van der Waals surface area contributed by atoms with Crippen molar-refractivity contribution in [3.63, 3.8) is 0 Å². The monoisotopic (exact) mass is 357 g/mol. The smallest absolute Gasteiger partial charge is 0.319 e. The van der Waals surface area contributed by atoms with Crippen LogP contribution in [0.2, 0.25) is 0 Å². The second-order valence-corrected chi connectivity index (χ2v) is 6.31. The summed E-state index contributed by atoms with van der Waals surface area (Å²) in [6.45, 7) is 1.96. The Kier molecular flexibility index (Phi) is 5.78. The summed E-state index contributed by atoms with van der Waals surface area (Å²) in [4.78, 5) is 26.1. The predicted octanol–water partition coefficient (Wildman–Crippen LogP) is 2.96. The van der Waals surface area contributed by atoms with Gasteiger partial charge in [-0.05, 0) is 37.0 Å². The Hall–Kier alpha value is -2.96. The molecule has 2 heterocycles. The summed E-state index contributed by atoms with van der Waals surface area (Å²) in [7, 11) is 1.59. The van der Waals surface area contributed by atoms with Gasteiger partial charge >= 0.3 is 6.03 Å². The van der Waals surface area contributed by atoms with Crippen molar-refractivity contribution >= 4 is 17.6 Å². The molecule has 0 spiro atoms. The number of likely N-dealkylation sites (tertiary alicyclic amines) is 1. The van der Waals surface area contributed by atoms with Gasteiger partial charge in [0.2, 0.25) is 0 Å². The number of piperidine rings is 1. The van der Waals surface area contributed by atoms with Gasteiger partial charge in [-0.2, -0.15) is 0 Å². The number of rotatable bonds is 5. The molecule has 1 saturated heterocycles. The van der Waals surface area contributed by atoms with Gasteiger partial charge in [-0.3, -0.25) is 4.79 Å². The van der Waals surface area contributed by atoms with E-state index in [1.165, 1.54) is 12.5 Å². The van der Waals surface area contributed by atoms with Gasteiger partial charge in [-0.25, -0.2) is 4.79 Å². The molecular formula is C19H23N3O4. The average molecular weight is 357 g/mol. The molecule has 1 aliphatic rings. The van der Waals surface area contributed by atoms with Crippen molar-refractivity contribution < 1.29 is 18.7 Å². The number of carbonyl (C=O) groups is 2. The Morgan fingerprint density at radius 1 is 1.27 bits per heavy atom. The fourth-order valence-electron chi connectivity index (χ4n) is 3.02. The van der Waals surface area contributed by atoms with E-state index in [4.69, 9.17) is 9.15 Å². The molecule has 0 radical (unpaired) electrons. The van der Waals surface area contributed by atoms with Crippen LogP contribution in [-0.4, -0.2) is 43.6 Å². The maximum absolute atomic E-state index is 12.3. The largest absolute Gasteiger partial charge is 0.497 e. The normalized spacial score (nSPS) is 14.7. The molecule has 0 bridgehead atoms. The molecule has 1 aliphatic heterocycles. The lowest BCUT2D eigenvalue weighted by atomic mass is 9.96. The number of hydrogen-bond donors (Lipinski definition) is 2. The molecule has 7 nitrogen and oxygen atoms in total. The molecule has 0 aliphatic carbocycles. The van der Waals surface area contributed by atoms with Gasteiger partial charge in [-0.15, -0.1) is 0 Å². The number of carbonyl (C=O) groups excluding carboxylic acids is 2. The zero-order valence-corrected chi connectivity index (χ0v) is 14.7. The number of amides is 3. The highest BCUT2D eigenvalue weighted by Gasteiger charge is 2.24. The van der Waals surface area contributed by atoms with Crippen LogP contribution in [0.1, 0.15) is 23.2 Å². The Labute approximate surface area is 152 Å². The molecule has 7 heteroatoms. The van der Waals surface area contributed by atoms with E-state index >= 15 is 0 Å². The van der Waals surface area contributed by atoms with Crippen molar-refractivity contribution in [3.8, 4) is 5.75 Å². The molecule has 3 amide bonds. The van der Waals surface area contributed by atoms with E-state index in [9.17, 15) is 9.59 Å². The molecule has 1 aromatic heterocycles. The maximum atomic E-state index is 12.3. The molecule has 0 saturated carbocycles. The zero-order chi connectivity index (χ0) is 18.4. The van der Waals surface area contributed by atoms with Gasteiger partial charge in [0.25, 0.3) is 5.91 Å². The van der Waals surface area contributed by atoms with Gasteiger partial charge in [-0.1, -0.05) is 6.07 Å². The third kappa shape index (κ3) is 4.56. The highest BCUT2D eigenvalue weighted by Crippen LogP contribution is 2.19. The van der Waals surface area contributed by atoms with E-state index in [2.05, 4.69) is 10.6 Å². The first-order valence-electron chi connectivity index (χ1n) is 8.66. The molecule has 138 valence electrons. The summed E-state index contributed by atoms with van der Waals surface area (Å²) in [5.74, 6) is 1.05. The van der Waals surface area contributed by atoms with Crippen molar-refractivity contribution in [2.75, 3.05) is 32.1 Å². The van der Waals surface area contributed by atoms with Gasteiger partial charge in [0.15, 0.2) is 0 Å². The summed E-state index contributed by atoms with van der Waals surface area (Å²) in [5.41, 5.74) is 1.27.